The lowest BCUT2D eigenvalue weighted by atomic mass is 9.84. The van der Waals surface area contributed by atoms with E-state index in [1.807, 2.05) is 0 Å². The summed E-state index contributed by atoms with van der Waals surface area (Å²) in [6, 6.07) is 18.2. The van der Waals surface area contributed by atoms with Crippen molar-refractivity contribution in [2.75, 3.05) is 0 Å². The third kappa shape index (κ3) is 2.62. The summed E-state index contributed by atoms with van der Waals surface area (Å²) in [5.41, 5.74) is 0.744. The normalized spacial score (nSPS) is 10.9. The van der Waals surface area contributed by atoms with Crippen LogP contribution in [0.3, 0.4) is 0 Å². The molecular formula is C19H13F3. The van der Waals surface area contributed by atoms with E-state index in [0.29, 0.717) is 0 Å². The van der Waals surface area contributed by atoms with Gasteiger partial charge in [-0.15, -0.1) is 0 Å². The fourth-order valence-corrected chi connectivity index (χ4v) is 2.63. The molecule has 0 nitrogen and oxygen atoms in total. The van der Waals surface area contributed by atoms with E-state index in [4.69, 9.17) is 0 Å². The van der Waals surface area contributed by atoms with Gasteiger partial charge in [0.15, 0.2) is 0 Å². The first-order chi connectivity index (χ1) is 10.7. The van der Waals surface area contributed by atoms with Crippen LogP contribution in [0.1, 0.15) is 22.6 Å². The molecule has 0 N–H and O–H groups in total. The Hall–Kier alpha value is -2.55. The summed E-state index contributed by atoms with van der Waals surface area (Å²) in [6.07, 6.45) is 0. The molecule has 0 heterocycles. The molecule has 0 saturated carbocycles. The molecule has 110 valence electrons. The van der Waals surface area contributed by atoms with Gasteiger partial charge in [-0.2, -0.15) is 0 Å². The Labute approximate surface area is 126 Å². The lowest BCUT2D eigenvalue weighted by Crippen LogP contribution is -2.09. The number of halogens is 3. The fraction of sp³-hybridized carbons (Fsp3) is 0.0526. The highest BCUT2D eigenvalue weighted by atomic mass is 19.1. The lowest BCUT2D eigenvalue weighted by molar-refractivity contribution is 0.569. The zero-order valence-electron chi connectivity index (χ0n) is 11.6. The molecule has 3 aromatic rings. The Morgan fingerprint density at radius 2 is 0.727 bits per heavy atom. The predicted molar refractivity (Wildman–Crippen MR) is 80.1 cm³/mol. The molecule has 3 aromatic carbocycles. The summed E-state index contributed by atoms with van der Waals surface area (Å²) >= 11 is 0. The quantitative estimate of drug-likeness (QED) is 0.577. The van der Waals surface area contributed by atoms with Crippen LogP contribution in [0, 0.1) is 17.5 Å². The van der Waals surface area contributed by atoms with E-state index in [9.17, 15) is 13.2 Å². The molecule has 0 aliphatic carbocycles. The summed E-state index contributed by atoms with van der Waals surface area (Å²) in [5, 5.41) is 0. The van der Waals surface area contributed by atoms with Crippen LogP contribution in [0.25, 0.3) is 0 Å². The van der Waals surface area contributed by atoms with Crippen molar-refractivity contribution in [1.29, 1.82) is 0 Å². The van der Waals surface area contributed by atoms with Crippen LogP contribution in [-0.4, -0.2) is 0 Å². The van der Waals surface area contributed by atoms with Crippen LogP contribution in [-0.2, 0) is 0 Å². The van der Waals surface area contributed by atoms with Gasteiger partial charge in [0.2, 0.25) is 0 Å². The van der Waals surface area contributed by atoms with Gasteiger partial charge >= 0.3 is 0 Å². The molecule has 0 radical (unpaired) electrons. The monoisotopic (exact) mass is 298 g/mol. The standard InChI is InChI=1S/C19H13F3/c20-16-10-4-1-7-13(16)19(14-8-2-5-11-17(14)21)15-9-3-6-12-18(15)22/h1-12,19H. The molecule has 0 amide bonds. The van der Waals surface area contributed by atoms with Crippen LogP contribution >= 0.6 is 0 Å². The maximum Gasteiger partial charge on any atom is 0.127 e. The zero-order valence-corrected chi connectivity index (χ0v) is 11.6. The summed E-state index contributed by atoms with van der Waals surface area (Å²) < 4.78 is 42.7. The highest BCUT2D eigenvalue weighted by Crippen LogP contribution is 2.35. The SMILES string of the molecule is Fc1ccccc1C(c1ccccc1F)c1ccccc1F. The van der Waals surface area contributed by atoms with E-state index in [1.165, 1.54) is 18.2 Å². The van der Waals surface area contributed by atoms with Gasteiger partial charge in [0.1, 0.15) is 17.5 Å². The average molecular weight is 298 g/mol. The first kappa shape index (κ1) is 14.4. The third-order valence-electron chi connectivity index (χ3n) is 3.65. The van der Waals surface area contributed by atoms with Gasteiger partial charge in [0.05, 0.1) is 0 Å². The van der Waals surface area contributed by atoms with E-state index in [1.54, 1.807) is 54.6 Å². The summed E-state index contributed by atoms with van der Waals surface area (Å²) in [4.78, 5) is 0. The van der Waals surface area contributed by atoms with Crippen molar-refractivity contribution >= 4 is 0 Å². The molecule has 0 aliphatic heterocycles. The van der Waals surface area contributed by atoms with E-state index in [-0.39, 0.29) is 16.7 Å². The van der Waals surface area contributed by atoms with Gasteiger partial charge in [0, 0.05) is 5.92 Å². The molecule has 0 bridgehead atoms. The average Bonchev–Trinajstić information content (AvgIpc) is 2.53. The smallest absolute Gasteiger partial charge is 0.127 e. The zero-order chi connectivity index (χ0) is 15.5. The number of benzene rings is 3. The second-order valence-corrected chi connectivity index (χ2v) is 5.00. The second kappa shape index (κ2) is 6.06. The molecule has 22 heavy (non-hydrogen) atoms. The number of rotatable bonds is 3. The predicted octanol–water partition coefficient (Wildman–Crippen LogP) is 5.28. The van der Waals surface area contributed by atoms with Crippen molar-refractivity contribution in [1.82, 2.24) is 0 Å². The molecule has 3 rings (SSSR count). The Kier molecular flexibility index (Phi) is 3.96. The molecule has 0 spiro atoms. The van der Waals surface area contributed by atoms with Crippen LogP contribution in [0.15, 0.2) is 72.8 Å². The van der Waals surface area contributed by atoms with Crippen molar-refractivity contribution in [3.05, 3.63) is 107 Å². The lowest BCUT2D eigenvalue weighted by Gasteiger charge is -2.20. The van der Waals surface area contributed by atoms with E-state index in [2.05, 4.69) is 0 Å². The molecule has 0 atom stereocenters. The largest absolute Gasteiger partial charge is 0.207 e. The third-order valence-corrected chi connectivity index (χ3v) is 3.65. The van der Waals surface area contributed by atoms with Crippen LogP contribution in [0.4, 0.5) is 13.2 Å². The van der Waals surface area contributed by atoms with Crippen LogP contribution < -0.4 is 0 Å². The Bertz CT molecular complexity index is 688. The van der Waals surface area contributed by atoms with E-state index < -0.39 is 23.4 Å². The Morgan fingerprint density at radius 1 is 0.455 bits per heavy atom. The molecule has 0 aromatic heterocycles. The van der Waals surface area contributed by atoms with Crippen molar-refractivity contribution in [3.8, 4) is 0 Å². The van der Waals surface area contributed by atoms with Crippen molar-refractivity contribution < 1.29 is 13.2 Å². The first-order valence-electron chi connectivity index (χ1n) is 6.92. The van der Waals surface area contributed by atoms with Crippen molar-refractivity contribution in [2.45, 2.75) is 5.92 Å². The fourth-order valence-electron chi connectivity index (χ4n) is 2.63. The van der Waals surface area contributed by atoms with Crippen LogP contribution in [0.5, 0.6) is 0 Å². The van der Waals surface area contributed by atoms with Gasteiger partial charge in [0.25, 0.3) is 0 Å². The summed E-state index contributed by atoms with van der Waals surface area (Å²) in [6.45, 7) is 0. The van der Waals surface area contributed by atoms with Gasteiger partial charge in [-0.3, -0.25) is 0 Å². The molecule has 0 saturated heterocycles. The minimum atomic E-state index is -0.830. The minimum absolute atomic E-state index is 0.248. The van der Waals surface area contributed by atoms with Gasteiger partial charge < -0.3 is 0 Å². The molecule has 0 unspecified atom stereocenters. The Morgan fingerprint density at radius 3 is 1.00 bits per heavy atom. The van der Waals surface area contributed by atoms with Crippen LogP contribution in [0.2, 0.25) is 0 Å². The summed E-state index contributed by atoms with van der Waals surface area (Å²) in [5.74, 6) is -2.29. The van der Waals surface area contributed by atoms with Crippen molar-refractivity contribution in [2.24, 2.45) is 0 Å². The molecule has 0 aliphatic rings. The second-order valence-electron chi connectivity index (χ2n) is 5.00. The number of hydrogen-bond acceptors (Lipinski definition) is 0. The maximum atomic E-state index is 14.2. The topological polar surface area (TPSA) is 0 Å². The molecule has 3 heteroatoms. The maximum absolute atomic E-state index is 14.2. The highest BCUT2D eigenvalue weighted by Gasteiger charge is 2.24. The minimum Gasteiger partial charge on any atom is -0.207 e. The van der Waals surface area contributed by atoms with Gasteiger partial charge in [-0.25, -0.2) is 13.2 Å². The number of hydrogen-bond donors (Lipinski definition) is 0. The van der Waals surface area contributed by atoms with E-state index >= 15 is 0 Å². The Balaban J connectivity index is 2.27. The first-order valence-corrected chi connectivity index (χ1v) is 6.92. The molecular weight excluding hydrogens is 285 g/mol. The van der Waals surface area contributed by atoms with E-state index in [0.717, 1.165) is 0 Å². The highest BCUT2D eigenvalue weighted by molar-refractivity contribution is 5.44. The van der Waals surface area contributed by atoms with Crippen molar-refractivity contribution in [3.63, 3.8) is 0 Å². The van der Waals surface area contributed by atoms with Gasteiger partial charge in [-0.1, -0.05) is 54.6 Å². The van der Waals surface area contributed by atoms with Gasteiger partial charge in [-0.05, 0) is 34.9 Å². The summed E-state index contributed by atoms with van der Waals surface area (Å²) in [7, 11) is 0. The molecule has 0 fully saturated rings.